The molecule has 4 N–H and O–H groups in total. The van der Waals surface area contributed by atoms with Crippen LogP contribution in [-0.4, -0.2) is 17.2 Å². The summed E-state index contributed by atoms with van der Waals surface area (Å²) in [6, 6.07) is 7.69. The van der Waals surface area contributed by atoms with Crippen molar-refractivity contribution in [3.63, 3.8) is 0 Å². The fraction of sp³-hybridized carbons (Fsp3) is 0.455. The Labute approximate surface area is 84.9 Å². The van der Waals surface area contributed by atoms with Gasteiger partial charge in [0.1, 0.15) is 0 Å². The van der Waals surface area contributed by atoms with Gasteiger partial charge in [-0.25, -0.2) is 0 Å². The molecule has 0 amide bonds. The number of aliphatic hydroxyl groups excluding tert-OH is 1. The molecular weight excluding hydrogens is 176 g/mol. The lowest BCUT2D eigenvalue weighted by Crippen LogP contribution is -2.39. The van der Waals surface area contributed by atoms with Gasteiger partial charge in [-0.3, -0.25) is 0 Å². The van der Waals surface area contributed by atoms with E-state index in [1.165, 1.54) is 0 Å². The summed E-state index contributed by atoms with van der Waals surface area (Å²) in [4.78, 5) is 0. The van der Waals surface area contributed by atoms with Gasteiger partial charge in [-0.15, -0.1) is 0 Å². The minimum atomic E-state index is -0.227. The molecule has 1 rings (SSSR count). The maximum absolute atomic E-state index is 8.94. The number of aliphatic hydroxyl groups is 1. The Morgan fingerprint density at radius 2 is 2.14 bits per heavy atom. The first-order valence-corrected chi connectivity index (χ1v) is 4.74. The normalized spacial score (nSPS) is 11.4. The Kier molecular flexibility index (Phi) is 3.49. The van der Waals surface area contributed by atoms with Gasteiger partial charge in [0, 0.05) is 17.8 Å². The summed E-state index contributed by atoms with van der Waals surface area (Å²) in [7, 11) is 0. The Morgan fingerprint density at radius 3 is 2.71 bits per heavy atom. The molecule has 0 atom stereocenters. The molecule has 1 aromatic rings. The van der Waals surface area contributed by atoms with Crippen LogP contribution in [-0.2, 0) is 6.61 Å². The van der Waals surface area contributed by atoms with E-state index in [1.54, 1.807) is 0 Å². The summed E-state index contributed by atoms with van der Waals surface area (Å²) in [5, 5.41) is 12.2. The lowest BCUT2D eigenvalue weighted by atomic mass is 10.1. The minimum Gasteiger partial charge on any atom is -0.392 e. The highest BCUT2D eigenvalue weighted by Gasteiger charge is 2.09. The lowest BCUT2D eigenvalue weighted by Gasteiger charge is -2.19. The second-order valence-electron chi connectivity index (χ2n) is 4.20. The molecule has 0 aromatic heterocycles. The van der Waals surface area contributed by atoms with Gasteiger partial charge >= 0.3 is 0 Å². The van der Waals surface area contributed by atoms with Gasteiger partial charge in [-0.05, 0) is 31.5 Å². The van der Waals surface area contributed by atoms with Gasteiger partial charge in [0.05, 0.1) is 6.61 Å². The highest BCUT2D eigenvalue weighted by molar-refractivity contribution is 5.45. The number of anilines is 1. The van der Waals surface area contributed by atoms with Gasteiger partial charge in [-0.2, -0.15) is 0 Å². The van der Waals surface area contributed by atoms with Crippen molar-refractivity contribution in [1.29, 1.82) is 0 Å². The van der Waals surface area contributed by atoms with E-state index in [9.17, 15) is 0 Å². The predicted octanol–water partition coefficient (Wildman–Crippen LogP) is 1.33. The fourth-order valence-corrected chi connectivity index (χ4v) is 1.11. The maximum atomic E-state index is 8.94. The molecule has 0 unspecified atom stereocenters. The molecule has 0 spiro atoms. The zero-order valence-electron chi connectivity index (χ0n) is 8.75. The van der Waals surface area contributed by atoms with E-state index in [-0.39, 0.29) is 12.1 Å². The zero-order chi connectivity index (χ0) is 10.6. The summed E-state index contributed by atoms with van der Waals surface area (Å²) in [6.45, 7) is 4.72. The van der Waals surface area contributed by atoms with Crippen LogP contribution < -0.4 is 11.1 Å². The first-order valence-electron chi connectivity index (χ1n) is 4.74. The molecule has 0 heterocycles. The van der Waals surface area contributed by atoms with Crippen molar-refractivity contribution in [2.45, 2.75) is 26.0 Å². The molecule has 3 nitrogen and oxygen atoms in total. The molecule has 1 aromatic carbocycles. The number of hydrogen-bond donors (Lipinski definition) is 3. The fourth-order valence-electron chi connectivity index (χ4n) is 1.11. The molecule has 0 saturated heterocycles. The lowest BCUT2D eigenvalue weighted by molar-refractivity contribution is 0.282. The molecule has 78 valence electrons. The Hall–Kier alpha value is -1.06. The first kappa shape index (κ1) is 11.0. The van der Waals surface area contributed by atoms with Crippen molar-refractivity contribution >= 4 is 5.69 Å². The van der Waals surface area contributed by atoms with Gasteiger partial charge < -0.3 is 16.2 Å². The van der Waals surface area contributed by atoms with Crippen molar-refractivity contribution in [2.75, 3.05) is 11.9 Å². The van der Waals surface area contributed by atoms with E-state index in [4.69, 9.17) is 10.8 Å². The smallest absolute Gasteiger partial charge is 0.0682 e. The van der Waals surface area contributed by atoms with Crippen LogP contribution in [0.2, 0.25) is 0 Å². The van der Waals surface area contributed by atoms with E-state index in [1.807, 2.05) is 38.1 Å². The molecule has 0 saturated carbocycles. The molecule has 3 heteroatoms. The summed E-state index contributed by atoms with van der Waals surface area (Å²) >= 11 is 0. The summed E-state index contributed by atoms with van der Waals surface area (Å²) in [5.41, 5.74) is 7.52. The molecule has 0 radical (unpaired) electrons. The van der Waals surface area contributed by atoms with Crippen LogP contribution in [0.25, 0.3) is 0 Å². The molecular formula is C11H18N2O. The number of nitrogens with one attached hydrogen (secondary N) is 1. The van der Waals surface area contributed by atoms with Gasteiger partial charge in [0.15, 0.2) is 0 Å². The third-order valence-corrected chi connectivity index (χ3v) is 1.86. The average Bonchev–Trinajstić information content (AvgIpc) is 2.14. The van der Waals surface area contributed by atoms with Crippen LogP contribution in [0.5, 0.6) is 0 Å². The largest absolute Gasteiger partial charge is 0.392 e. The van der Waals surface area contributed by atoms with Crippen molar-refractivity contribution in [1.82, 2.24) is 0 Å². The maximum Gasteiger partial charge on any atom is 0.0682 e. The topological polar surface area (TPSA) is 58.3 Å². The average molecular weight is 194 g/mol. The predicted molar refractivity (Wildman–Crippen MR) is 59.1 cm³/mol. The molecule has 14 heavy (non-hydrogen) atoms. The third-order valence-electron chi connectivity index (χ3n) is 1.86. The van der Waals surface area contributed by atoms with Crippen molar-refractivity contribution in [2.24, 2.45) is 5.73 Å². The molecule has 0 aliphatic heterocycles. The molecule has 0 bridgehead atoms. The van der Waals surface area contributed by atoms with E-state index in [0.717, 1.165) is 11.3 Å². The third kappa shape index (κ3) is 3.77. The number of rotatable bonds is 4. The highest BCUT2D eigenvalue weighted by Crippen LogP contribution is 2.11. The van der Waals surface area contributed by atoms with E-state index in [0.29, 0.717) is 6.54 Å². The van der Waals surface area contributed by atoms with Crippen LogP contribution >= 0.6 is 0 Å². The Balaban J connectivity index is 2.59. The van der Waals surface area contributed by atoms with Gasteiger partial charge in [0.25, 0.3) is 0 Å². The van der Waals surface area contributed by atoms with Crippen molar-refractivity contribution < 1.29 is 5.11 Å². The van der Waals surface area contributed by atoms with E-state index in [2.05, 4.69) is 5.32 Å². The second-order valence-corrected chi connectivity index (χ2v) is 4.20. The summed E-state index contributed by atoms with van der Waals surface area (Å²) < 4.78 is 0. The first-order chi connectivity index (χ1) is 6.51. The number of hydrogen-bond acceptors (Lipinski definition) is 3. The summed E-state index contributed by atoms with van der Waals surface area (Å²) in [6.07, 6.45) is 0. The number of benzene rings is 1. The SMILES string of the molecule is CC(C)(N)CNc1cccc(CO)c1. The second kappa shape index (κ2) is 4.44. The summed E-state index contributed by atoms with van der Waals surface area (Å²) in [5.74, 6) is 0. The Morgan fingerprint density at radius 1 is 1.43 bits per heavy atom. The van der Waals surface area contributed by atoms with E-state index >= 15 is 0 Å². The van der Waals surface area contributed by atoms with Crippen molar-refractivity contribution in [3.05, 3.63) is 29.8 Å². The minimum absolute atomic E-state index is 0.0710. The van der Waals surface area contributed by atoms with Crippen molar-refractivity contribution in [3.8, 4) is 0 Å². The van der Waals surface area contributed by atoms with Gasteiger partial charge in [-0.1, -0.05) is 12.1 Å². The molecule has 0 aliphatic rings. The zero-order valence-corrected chi connectivity index (χ0v) is 8.75. The van der Waals surface area contributed by atoms with Crippen LogP contribution in [0.1, 0.15) is 19.4 Å². The molecule has 0 fully saturated rings. The monoisotopic (exact) mass is 194 g/mol. The van der Waals surface area contributed by atoms with Crippen LogP contribution in [0.3, 0.4) is 0 Å². The highest BCUT2D eigenvalue weighted by atomic mass is 16.3. The van der Waals surface area contributed by atoms with Crippen LogP contribution in [0.15, 0.2) is 24.3 Å². The van der Waals surface area contributed by atoms with Gasteiger partial charge in [0.2, 0.25) is 0 Å². The van der Waals surface area contributed by atoms with E-state index < -0.39 is 0 Å². The van der Waals surface area contributed by atoms with Crippen LogP contribution in [0.4, 0.5) is 5.69 Å². The molecule has 0 aliphatic carbocycles. The quantitative estimate of drug-likeness (QED) is 0.677. The van der Waals surface area contributed by atoms with Crippen LogP contribution in [0, 0.1) is 0 Å². The number of nitrogens with two attached hydrogens (primary N) is 1. The Bertz CT molecular complexity index is 292. The standard InChI is InChI=1S/C11H18N2O/c1-11(2,12)8-13-10-5-3-4-9(6-10)7-14/h3-6,13-14H,7-8,12H2,1-2H3.